The van der Waals surface area contributed by atoms with Gasteiger partial charge in [0.05, 0.1) is 12.2 Å². The molecule has 0 bridgehead atoms. The van der Waals surface area contributed by atoms with Crippen LogP contribution in [0, 0.1) is 5.82 Å². The quantitative estimate of drug-likeness (QED) is 0.671. The number of aromatic nitrogens is 3. The molecule has 2 amide bonds. The summed E-state index contributed by atoms with van der Waals surface area (Å²) in [7, 11) is 0. The number of carbonyl (C=O) groups excluding carboxylic acids is 2. The van der Waals surface area contributed by atoms with Crippen molar-refractivity contribution in [3.8, 4) is 0 Å². The maximum Gasteiger partial charge on any atom is 0.267 e. The van der Waals surface area contributed by atoms with Crippen molar-refractivity contribution < 1.29 is 14.0 Å². The van der Waals surface area contributed by atoms with Gasteiger partial charge in [0.2, 0.25) is 5.91 Å². The molecule has 3 N–H and O–H groups in total. The van der Waals surface area contributed by atoms with Crippen molar-refractivity contribution in [3.05, 3.63) is 60.3 Å². The van der Waals surface area contributed by atoms with Crippen molar-refractivity contribution in [2.45, 2.75) is 19.0 Å². The second-order valence-electron chi connectivity index (χ2n) is 6.22. The normalized spacial score (nSPS) is 16.2. The Morgan fingerprint density at radius 1 is 1.18 bits per heavy atom. The van der Waals surface area contributed by atoms with Gasteiger partial charge in [-0.15, -0.1) is 10.2 Å². The van der Waals surface area contributed by atoms with E-state index in [9.17, 15) is 14.0 Å². The zero-order valence-electron chi connectivity index (χ0n) is 14.6. The van der Waals surface area contributed by atoms with Gasteiger partial charge in [0.1, 0.15) is 17.6 Å². The Hall–Kier alpha value is -3.82. The molecule has 4 rings (SSSR count). The molecular weight excluding hydrogens is 365 g/mol. The van der Waals surface area contributed by atoms with E-state index in [0.717, 1.165) is 0 Å². The molecular formula is C18H16FN7O2. The third-order valence-corrected chi connectivity index (χ3v) is 4.38. The number of hydrazone groups is 1. The molecule has 1 aliphatic heterocycles. The van der Waals surface area contributed by atoms with E-state index in [1.807, 2.05) is 12.1 Å². The van der Waals surface area contributed by atoms with E-state index in [1.165, 1.54) is 29.3 Å². The highest BCUT2D eigenvalue weighted by Crippen LogP contribution is 2.24. The number of anilines is 1. The maximum atomic E-state index is 13.2. The smallest absolute Gasteiger partial charge is 0.267 e. The summed E-state index contributed by atoms with van der Waals surface area (Å²) >= 11 is 0. The van der Waals surface area contributed by atoms with Crippen molar-refractivity contribution in [2.24, 2.45) is 10.8 Å². The summed E-state index contributed by atoms with van der Waals surface area (Å²) in [6.07, 6.45) is 1.85. The molecule has 0 saturated heterocycles. The monoisotopic (exact) mass is 381 g/mol. The summed E-state index contributed by atoms with van der Waals surface area (Å²) in [6, 6.07) is 10.1. The number of fused-ring (bicyclic) bond motifs is 1. The van der Waals surface area contributed by atoms with Gasteiger partial charge in [-0.25, -0.2) is 4.39 Å². The Kier molecular flexibility index (Phi) is 4.44. The van der Waals surface area contributed by atoms with Crippen LogP contribution in [-0.2, 0) is 16.1 Å². The van der Waals surface area contributed by atoms with E-state index in [1.54, 1.807) is 16.7 Å². The molecule has 1 aromatic carbocycles. The van der Waals surface area contributed by atoms with Crippen LogP contribution in [-0.4, -0.2) is 38.2 Å². The largest absolute Gasteiger partial charge is 0.368 e. The zero-order chi connectivity index (χ0) is 19.7. The van der Waals surface area contributed by atoms with E-state index in [0.29, 0.717) is 17.2 Å². The first-order valence-corrected chi connectivity index (χ1v) is 8.51. The van der Waals surface area contributed by atoms with Gasteiger partial charge in [-0.1, -0.05) is 6.07 Å². The predicted molar refractivity (Wildman–Crippen MR) is 98.7 cm³/mol. The fraction of sp³-hybridized carbons (Fsp3) is 0.167. The number of nitrogens with zero attached hydrogens (tertiary/aromatic N) is 5. The Labute approximate surface area is 158 Å². The van der Waals surface area contributed by atoms with E-state index >= 15 is 0 Å². The van der Waals surface area contributed by atoms with Crippen LogP contribution in [0.15, 0.2) is 53.8 Å². The van der Waals surface area contributed by atoms with Crippen LogP contribution < -0.4 is 16.1 Å². The number of halogens is 1. The summed E-state index contributed by atoms with van der Waals surface area (Å²) in [5.41, 5.74) is 6.74. The molecule has 9 nitrogen and oxygen atoms in total. The second-order valence-corrected chi connectivity index (χ2v) is 6.22. The molecule has 0 saturated carbocycles. The number of carbonyl (C=O) groups is 2. The van der Waals surface area contributed by atoms with E-state index < -0.39 is 23.7 Å². The summed E-state index contributed by atoms with van der Waals surface area (Å²) in [5.74, 6) is -0.923. The van der Waals surface area contributed by atoms with Crippen LogP contribution in [0.1, 0.15) is 12.2 Å². The summed E-state index contributed by atoms with van der Waals surface area (Å²) in [6.45, 7) is 0.140. The molecule has 0 aliphatic carbocycles. The highest BCUT2D eigenvalue weighted by atomic mass is 19.1. The number of hydrogen-bond donors (Lipinski definition) is 2. The van der Waals surface area contributed by atoms with E-state index in [2.05, 4.69) is 20.6 Å². The van der Waals surface area contributed by atoms with E-state index in [4.69, 9.17) is 5.73 Å². The lowest BCUT2D eigenvalue weighted by Crippen LogP contribution is -2.39. The van der Waals surface area contributed by atoms with Gasteiger partial charge in [0.15, 0.2) is 11.5 Å². The van der Waals surface area contributed by atoms with Gasteiger partial charge in [-0.2, -0.15) is 5.10 Å². The lowest BCUT2D eigenvalue weighted by molar-refractivity contribution is -0.119. The topological polar surface area (TPSA) is 118 Å². The molecule has 0 fully saturated rings. The number of nitrogens with two attached hydrogens (primary N) is 1. The van der Waals surface area contributed by atoms with Crippen molar-refractivity contribution >= 4 is 28.9 Å². The SMILES string of the molecule is NC(=O)C1CC(C(=O)NCc2nnc3ccccn23)=NN1c1ccc(F)cc1. The van der Waals surface area contributed by atoms with Crippen LogP contribution >= 0.6 is 0 Å². The van der Waals surface area contributed by atoms with Crippen LogP contribution in [0.25, 0.3) is 5.65 Å². The molecule has 0 radical (unpaired) electrons. The predicted octanol–water partition coefficient (Wildman–Crippen LogP) is 0.605. The fourth-order valence-electron chi connectivity index (χ4n) is 2.97. The summed E-state index contributed by atoms with van der Waals surface area (Å²) in [5, 5.41) is 16.4. The molecule has 0 spiro atoms. The first-order chi connectivity index (χ1) is 13.5. The van der Waals surface area contributed by atoms with Crippen molar-refractivity contribution in [2.75, 3.05) is 5.01 Å². The zero-order valence-corrected chi connectivity index (χ0v) is 14.6. The summed E-state index contributed by atoms with van der Waals surface area (Å²) < 4.78 is 14.9. The molecule has 142 valence electrons. The number of hydrogen-bond acceptors (Lipinski definition) is 6. The van der Waals surface area contributed by atoms with Gasteiger partial charge >= 0.3 is 0 Å². The van der Waals surface area contributed by atoms with Crippen LogP contribution in [0.2, 0.25) is 0 Å². The van der Waals surface area contributed by atoms with Gasteiger partial charge in [0.25, 0.3) is 5.91 Å². The highest BCUT2D eigenvalue weighted by Gasteiger charge is 2.35. The number of benzene rings is 1. The number of rotatable bonds is 5. The van der Waals surface area contributed by atoms with Crippen molar-refractivity contribution in [1.29, 1.82) is 0 Å². The molecule has 3 aromatic rings. The standard InChI is InChI=1S/C18H16FN7O2/c19-11-4-6-12(7-5-11)26-14(17(20)27)9-13(24-26)18(28)21-10-16-23-22-15-3-1-2-8-25(15)16/h1-8,14H,9-10H2,(H2,20,27)(H,21,28). The molecule has 1 unspecified atom stereocenters. The second kappa shape index (κ2) is 7.06. The molecule has 28 heavy (non-hydrogen) atoms. The van der Waals surface area contributed by atoms with Gasteiger partial charge in [-0.3, -0.25) is 19.0 Å². The Morgan fingerprint density at radius 3 is 2.71 bits per heavy atom. The number of pyridine rings is 1. The average Bonchev–Trinajstić information content (AvgIpc) is 3.32. The number of nitrogens with one attached hydrogen (secondary N) is 1. The van der Waals surface area contributed by atoms with E-state index in [-0.39, 0.29) is 18.7 Å². The van der Waals surface area contributed by atoms with Gasteiger partial charge in [-0.05, 0) is 36.4 Å². The van der Waals surface area contributed by atoms with Crippen LogP contribution in [0.4, 0.5) is 10.1 Å². The molecule has 2 aromatic heterocycles. The molecule has 1 atom stereocenters. The maximum absolute atomic E-state index is 13.2. The Balaban J connectivity index is 1.51. The van der Waals surface area contributed by atoms with Gasteiger partial charge in [0, 0.05) is 12.6 Å². The molecule has 3 heterocycles. The third-order valence-electron chi connectivity index (χ3n) is 4.38. The van der Waals surface area contributed by atoms with Crippen LogP contribution in [0.5, 0.6) is 0 Å². The Morgan fingerprint density at radius 2 is 1.96 bits per heavy atom. The molecule has 10 heteroatoms. The third kappa shape index (κ3) is 3.27. The fourth-order valence-corrected chi connectivity index (χ4v) is 2.97. The van der Waals surface area contributed by atoms with Crippen LogP contribution in [0.3, 0.4) is 0 Å². The molecule has 1 aliphatic rings. The first kappa shape index (κ1) is 17.6. The first-order valence-electron chi connectivity index (χ1n) is 8.51. The minimum atomic E-state index is -0.819. The number of amides is 2. The highest BCUT2D eigenvalue weighted by molar-refractivity contribution is 6.40. The average molecular weight is 381 g/mol. The minimum Gasteiger partial charge on any atom is -0.368 e. The lowest BCUT2D eigenvalue weighted by atomic mass is 10.1. The lowest BCUT2D eigenvalue weighted by Gasteiger charge is -2.20. The van der Waals surface area contributed by atoms with Gasteiger partial charge < -0.3 is 11.1 Å². The Bertz CT molecular complexity index is 1080. The number of primary amides is 1. The summed E-state index contributed by atoms with van der Waals surface area (Å²) in [4.78, 5) is 24.3. The minimum absolute atomic E-state index is 0.0547. The van der Waals surface area contributed by atoms with Crippen molar-refractivity contribution in [3.63, 3.8) is 0 Å². The van der Waals surface area contributed by atoms with Crippen molar-refractivity contribution in [1.82, 2.24) is 19.9 Å².